The summed E-state index contributed by atoms with van der Waals surface area (Å²) in [5, 5.41) is 15.8. The van der Waals surface area contributed by atoms with Gasteiger partial charge in [0.05, 0.1) is 12.1 Å². The van der Waals surface area contributed by atoms with Gasteiger partial charge in [-0.3, -0.25) is 4.79 Å². The van der Waals surface area contributed by atoms with E-state index in [2.05, 4.69) is 15.6 Å². The molecular weight excluding hydrogens is 342 g/mol. The van der Waals surface area contributed by atoms with Gasteiger partial charge in [0.15, 0.2) is 0 Å². The van der Waals surface area contributed by atoms with Gasteiger partial charge in [0.1, 0.15) is 11.5 Å². The number of nitrogens with zero attached hydrogens (tertiary/aromatic N) is 1. The summed E-state index contributed by atoms with van der Waals surface area (Å²) in [5.41, 5.74) is 2.47. The molecule has 0 saturated carbocycles. The van der Waals surface area contributed by atoms with E-state index in [0.717, 1.165) is 11.4 Å². The second-order valence-corrected chi connectivity index (χ2v) is 5.99. The quantitative estimate of drug-likeness (QED) is 0.619. The summed E-state index contributed by atoms with van der Waals surface area (Å²) >= 11 is 0. The lowest BCUT2D eigenvalue weighted by Crippen LogP contribution is -2.23. The van der Waals surface area contributed by atoms with Gasteiger partial charge in [0, 0.05) is 24.0 Å². The largest absolute Gasteiger partial charge is 0.493 e. The van der Waals surface area contributed by atoms with Crippen molar-refractivity contribution in [2.45, 2.75) is 13.5 Å². The third-order valence-corrected chi connectivity index (χ3v) is 4.02. The number of amides is 1. The van der Waals surface area contributed by atoms with E-state index in [1.807, 2.05) is 36.4 Å². The maximum Gasteiger partial charge on any atom is 0.251 e. The lowest BCUT2D eigenvalue weighted by atomic mass is 10.1. The van der Waals surface area contributed by atoms with Crippen molar-refractivity contribution in [1.82, 2.24) is 10.3 Å². The molecule has 3 N–H and O–H groups in total. The molecule has 138 valence electrons. The standard InChI is InChI=1S/C21H21N3O3/c1-14-12-19(22-2)18(21(26)24-14)13-23-20(25)15-8-10-17(11-9-15)27-16-6-4-3-5-7-16/h3-12H,13H2,1-2H3,(H,23,25)(H2,22,24,26). The Labute approximate surface area is 157 Å². The lowest BCUT2D eigenvalue weighted by molar-refractivity contribution is 0.0951. The molecule has 1 amide bonds. The van der Waals surface area contributed by atoms with Crippen LogP contribution in [0.3, 0.4) is 0 Å². The number of aromatic nitrogens is 1. The summed E-state index contributed by atoms with van der Waals surface area (Å²) in [5.74, 6) is 1.04. The minimum absolute atomic E-state index is 0.0914. The molecule has 27 heavy (non-hydrogen) atoms. The third-order valence-electron chi connectivity index (χ3n) is 4.02. The van der Waals surface area contributed by atoms with E-state index < -0.39 is 0 Å². The summed E-state index contributed by atoms with van der Waals surface area (Å²) in [4.78, 5) is 16.4. The fourth-order valence-electron chi connectivity index (χ4n) is 2.65. The van der Waals surface area contributed by atoms with Gasteiger partial charge in [0.2, 0.25) is 5.88 Å². The molecule has 0 aliphatic heterocycles. The molecule has 1 aromatic heterocycles. The first-order valence-electron chi connectivity index (χ1n) is 8.55. The highest BCUT2D eigenvalue weighted by atomic mass is 16.5. The number of hydrogen-bond acceptors (Lipinski definition) is 5. The molecule has 6 nitrogen and oxygen atoms in total. The number of nitrogens with one attached hydrogen (secondary N) is 2. The van der Waals surface area contributed by atoms with Crippen molar-refractivity contribution < 1.29 is 14.6 Å². The van der Waals surface area contributed by atoms with Crippen LogP contribution >= 0.6 is 0 Å². The summed E-state index contributed by atoms with van der Waals surface area (Å²) < 4.78 is 5.72. The summed E-state index contributed by atoms with van der Waals surface area (Å²) in [6.07, 6.45) is 0. The van der Waals surface area contributed by atoms with Crippen molar-refractivity contribution in [1.29, 1.82) is 0 Å². The normalized spacial score (nSPS) is 10.3. The fourth-order valence-corrected chi connectivity index (χ4v) is 2.65. The zero-order valence-electron chi connectivity index (χ0n) is 15.2. The van der Waals surface area contributed by atoms with Crippen molar-refractivity contribution in [2.24, 2.45) is 0 Å². The van der Waals surface area contributed by atoms with E-state index in [1.165, 1.54) is 0 Å². The first-order valence-corrected chi connectivity index (χ1v) is 8.55. The van der Waals surface area contributed by atoms with Crippen LogP contribution in [0.4, 0.5) is 5.69 Å². The SMILES string of the molecule is CNc1cc(C)nc(O)c1CNC(=O)c1ccc(Oc2ccccc2)cc1. The number of hydrogen-bond donors (Lipinski definition) is 3. The maximum atomic E-state index is 12.4. The third kappa shape index (κ3) is 4.55. The van der Waals surface area contributed by atoms with Gasteiger partial charge in [-0.15, -0.1) is 0 Å². The topological polar surface area (TPSA) is 83.5 Å². The highest BCUT2D eigenvalue weighted by Crippen LogP contribution is 2.25. The summed E-state index contributed by atoms with van der Waals surface area (Å²) in [6, 6.07) is 18.1. The molecule has 2 aromatic carbocycles. The molecular formula is C21H21N3O3. The first-order chi connectivity index (χ1) is 13.1. The van der Waals surface area contributed by atoms with Crippen LogP contribution in [-0.2, 0) is 6.54 Å². The molecule has 0 spiro atoms. The molecule has 0 aliphatic carbocycles. The van der Waals surface area contributed by atoms with Crippen LogP contribution in [-0.4, -0.2) is 23.0 Å². The molecule has 0 radical (unpaired) electrons. The van der Waals surface area contributed by atoms with Gasteiger partial charge in [0.25, 0.3) is 5.91 Å². The molecule has 0 saturated heterocycles. The number of ether oxygens (including phenoxy) is 1. The molecule has 0 atom stereocenters. The number of rotatable bonds is 6. The smallest absolute Gasteiger partial charge is 0.251 e. The highest BCUT2D eigenvalue weighted by Gasteiger charge is 2.12. The number of aromatic hydroxyl groups is 1. The Kier molecular flexibility index (Phi) is 5.56. The Morgan fingerprint density at radius 3 is 2.41 bits per heavy atom. The number of para-hydroxylation sites is 1. The number of carbonyl (C=O) groups is 1. The van der Waals surface area contributed by atoms with Crippen LogP contribution in [0.1, 0.15) is 21.6 Å². The van der Waals surface area contributed by atoms with E-state index in [4.69, 9.17) is 4.74 Å². The average molecular weight is 363 g/mol. The van der Waals surface area contributed by atoms with E-state index >= 15 is 0 Å². The van der Waals surface area contributed by atoms with Crippen molar-refractivity contribution in [3.05, 3.63) is 77.5 Å². The number of benzene rings is 2. The summed E-state index contributed by atoms with van der Waals surface area (Å²) in [6.45, 7) is 1.96. The van der Waals surface area contributed by atoms with Gasteiger partial charge >= 0.3 is 0 Å². The maximum absolute atomic E-state index is 12.4. The van der Waals surface area contributed by atoms with Crippen LogP contribution in [0.15, 0.2) is 60.7 Å². The van der Waals surface area contributed by atoms with Crippen molar-refractivity contribution in [3.8, 4) is 17.4 Å². The summed E-state index contributed by atoms with van der Waals surface area (Å²) in [7, 11) is 1.75. The van der Waals surface area contributed by atoms with Crippen LogP contribution in [0.5, 0.6) is 17.4 Å². The number of anilines is 1. The molecule has 1 heterocycles. The Morgan fingerprint density at radius 1 is 1.07 bits per heavy atom. The Bertz CT molecular complexity index is 925. The molecule has 0 fully saturated rings. The van der Waals surface area contributed by atoms with Gasteiger partial charge in [-0.05, 0) is 49.4 Å². The number of aryl methyl sites for hydroxylation is 1. The van der Waals surface area contributed by atoms with E-state index in [-0.39, 0.29) is 18.3 Å². The van der Waals surface area contributed by atoms with Crippen molar-refractivity contribution >= 4 is 11.6 Å². The number of carbonyl (C=O) groups excluding carboxylic acids is 1. The van der Waals surface area contributed by atoms with Crippen LogP contribution in [0, 0.1) is 6.92 Å². The predicted molar refractivity (Wildman–Crippen MR) is 104 cm³/mol. The molecule has 6 heteroatoms. The van der Waals surface area contributed by atoms with Gasteiger partial charge < -0.3 is 20.5 Å². The molecule has 3 aromatic rings. The zero-order valence-corrected chi connectivity index (χ0v) is 15.2. The van der Waals surface area contributed by atoms with Crippen LogP contribution in [0.25, 0.3) is 0 Å². The van der Waals surface area contributed by atoms with E-state index in [1.54, 1.807) is 38.2 Å². The minimum atomic E-state index is -0.247. The molecule has 3 rings (SSSR count). The van der Waals surface area contributed by atoms with E-state index in [0.29, 0.717) is 22.6 Å². The lowest BCUT2D eigenvalue weighted by Gasteiger charge is -2.13. The monoisotopic (exact) mass is 363 g/mol. The van der Waals surface area contributed by atoms with Gasteiger partial charge in [-0.2, -0.15) is 0 Å². The molecule has 0 bridgehead atoms. The van der Waals surface area contributed by atoms with Crippen LogP contribution in [0.2, 0.25) is 0 Å². The second-order valence-electron chi connectivity index (χ2n) is 5.99. The zero-order chi connectivity index (χ0) is 19.2. The average Bonchev–Trinajstić information content (AvgIpc) is 2.68. The second kappa shape index (κ2) is 8.23. The molecule has 0 aliphatic rings. The molecule has 0 unspecified atom stereocenters. The van der Waals surface area contributed by atoms with Crippen molar-refractivity contribution in [2.75, 3.05) is 12.4 Å². The number of pyridine rings is 1. The van der Waals surface area contributed by atoms with Crippen molar-refractivity contribution in [3.63, 3.8) is 0 Å². The van der Waals surface area contributed by atoms with Crippen LogP contribution < -0.4 is 15.4 Å². The van der Waals surface area contributed by atoms with Gasteiger partial charge in [-0.25, -0.2) is 4.98 Å². The minimum Gasteiger partial charge on any atom is -0.493 e. The fraction of sp³-hybridized carbons (Fsp3) is 0.143. The highest BCUT2D eigenvalue weighted by molar-refractivity contribution is 5.94. The Hall–Kier alpha value is -3.54. The Morgan fingerprint density at radius 2 is 1.74 bits per heavy atom. The first kappa shape index (κ1) is 18.3. The van der Waals surface area contributed by atoms with Gasteiger partial charge in [-0.1, -0.05) is 18.2 Å². The Balaban J connectivity index is 1.65. The van der Waals surface area contributed by atoms with E-state index in [9.17, 15) is 9.90 Å². The predicted octanol–water partition coefficient (Wildman–Crippen LogP) is 3.86.